The minimum atomic E-state index is -0.330. The average Bonchev–Trinajstić information content (AvgIpc) is 2.49. The first-order chi connectivity index (χ1) is 9.95. The minimum Gasteiger partial charge on any atom is -0.358 e. The second-order valence-electron chi connectivity index (χ2n) is 5.40. The molecule has 0 bridgehead atoms. The molecule has 1 N–H and O–H groups in total. The monoisotopic (exact) mass is 294 g/mol. The van der Waals surface area contributed by atoms with Crippen molar-refractivity contribution < 1.29 is 4.79 Å². The summed E-state index contributed by atoms with van der Waals surface area (Å²) in [4.78, 5) is 37.5. The first-order valence-corrected chi connectivity index (χ1v) is 7.25. The highest BCUT2D eigenvalue weighted by molar-refractivity contribution is 5.78. The predicted octanol–water partition coefficient (Wildman–Crippen LogP) is -0.563. The van der Waals surface area contributed by atoms with Crippen LogP contribution in [0, 0.1) is 5.92 Å². The maximum Gasteiger partial charge on any atom is 0.332 e. The topological polar surface area (TPSA) is 76.3 Å². The van der Waals surface area contributed by atoms with E-state index in [0.717, 1.165) is 17.4 Å². The lowest BCUT2D eigenvalue weighted by Crippen LogP contribution is -2.44. The van der Waals surface area contributed by atoms with Gasteiger partial charge >= 0.3 is 5.69 Å². The molecule has 116 valence electrons. The Morgan fingerprint density at radius 1 is 1.24 bits per heavy atom. The Morgan fingerprint density at radius 3 is 2.43 bits per heavy atom. The summed E-state index contributed by atoms with van der Waals surface area (Å²) in [5.41, 5.74) is -0.637. The zero-order valence-corrected chi connectivity index (χ0v) is 12.8. The number of hydrogen-bond donors (Lipinski definition) is 1. The maximum atomic E-state index is 11.9. The van der Waals surface area contributed by atoms with Gasteiger partial charge in [0.15, 0.2) is 0 Å². The molecule has 1 amide bonds. The summed E-state index contributed by atoms with van der Waals surface area (Å²) in [5, 5.41) is 2.84. The fraction of sp³-hybridized carbons (Fsp3) is 0.643. The summed E-state index contributed by atoms with van der Waals surface area (Å²) in [6.07, 6.45) is 1.46. The third-order valence-corrected chi connectivity index (χ3v) is 4.04. The Bertz CT molecular complexity index is 639. The van der Waals surface area contributed by atoms with Crippen LogP contribution in [-0.4, -0.2) is 34.7 Å². The molecule has 0 radical (unpaired) electrons. The third-order valence-electron chi connectivity index (χ3n) is 4.04. The number of anilines is 1. The molecule has 0 atom stereocenters. The van der Waals surface area contributed by atoms with Crippen molar-refractivity contribution in [1.82, 2.24) is 14.5 Å². The van der Waals surface area contributed by atoms with Crippen molar-refractivity contribution in [3.8, 4) is 0 Å². The van der Waals surface area contributed by atoms with Crippen LogP contribution in [0.15, 0.2) is 15.7 Å². The van der Waals surface area contributed by atoms with Gasteiger partial charge in [0.1, 0.15) is 5.82 Å². The Labute approximate surface area is 123 Å². The van der Waals surface area contributed by atoms with Crippen LogP contribution in [0.25, 0.3) is 0 Å². The average molecular weight is 294 g/mol. The summed E-state index contributed by atoms with van der Waals surface area (Å²) in [7, 11) is 3.13. The normalized spacial score (nSPS) is 16.0. The van der Waals surface area contributed by atoms with Crippen LogP contribution in [-0.2, 0) is 18.9 Å². The number of aromatic nitrogens is 2. The van der Waals surface area contributed by atoms with Gasteiger partial charge in [-0.05, 0) is 19.8 Å². The van der Waals surface area contributed by atoms with Crippen molar-refractivity contribution in [3.05, 3.63) is 26.9 Å². The molecule has 7 heteroatoms. The molecule has 0 aromatic carbocycles. The number of piperidine rings is 1. The molecule has 1 aliphatic rings. The molecule has 21 heavy (non-hydrogen) atoms. The SMILES string of the molecule is CCNC(=O)C1CCN(c2cc(=O)n(C)c(=O)n2C)CC1. The second-order valence-corrected chi connectivity index (χ2v) is 5.40. The number of amides is 1. The highest BCUT2D eigenvalue weighted by Crippen LogP contribution is 2.21. The van der Waals surface area contributed by atoms with Crippen molar-refractivity contribution in [2.24, 2.45) is 20.0 Å². The molecule has 0 spiro atoms. The van der Waals surface area contributed by atoms with Crippen LogP contribution in [0.2, 0.25) is 0 Å². The fourth-order valence-corrected chi connectivity index (χ4v) is 2.71. The quantitative estimate of drug-likeness (QED) is 0.810. The molecule has 0 aliphatic carbocycles. The number of hydrogen-bond acceptors (Lipinski definition) is 4. The van der Waals surface area contributed by atoms with Crippen LogP contribution in [0.5, 0.6) is 0 Å². The van der Waals surface area contributed by atoms with Crippen LogP contribution < -0.4 is 21.5 Å². The van der Waals surface area contributed by atoms with E-state index in [0.29, 0.717) is 25.5 Å². The molecule has 0 unspecified atom stereocenters. The van der Waals surface area contributed by atoms with Crippen LogP contribution in [0.3, 0.4) is 0 Å². The number of nitrogens with one attached hydrogen (secondary N) is 1. The van der Waals surface area contributed by atoms with Gasteiger partial charge in [0, 0.05) is 45.7 Å². The molecule has 1 aromatic rings. The van der Waals surface area contributed by atoms with Crippen molar-refractivity contribution in [2.45, 2.75) is 19.8 Å². The Morgan fingerprint density at radius 2 is 1.86 bits per heavy atom. The molecule has 1 saturated heterocycles. The maximum absolute atomic E-state index is 11.9. The van der Waals surface area contributed by atoms with Gasteiger partial charge in [-0.25, -0.2) is 4.79 Å². The van der Waals surface area contributed by atoms with E-state index >= 15 is 0 Å². The van der Waals surface area contributed by atoms with Crippen LogP contribution in [0.4, 0.5) is 5.82 Å². The van der Waals surface area contributed by atoms with E-state index in [1.165, 1.54) is 17.7 Å². The molecular weight excluding hydrogens is 272 g/mol. The Kier molecular flexibility index (Phi) is 4.50. The van der Waals surface area contributed by atoms with E-state index in [1.54, 1.807) is 7.05 Å². The van der Waals surface area contributed by atoms with E-state index in [1.807, 2.05) is 11.8 Å². The Balaban J connectivity index is 2.15. The zero-order valence-electron chi connectivity index (χ0n) is 12.8. The third kappa shape index (κ3) is 3.01. The van der Waals surface area contributed by atoms with Crippen molar-refractivity contribution in [2.75, 3.05) is 24.5 Å². The van der Waals surface area contributed by atoms with Crippen molar-refractivity contribution in [1.29, 1.82) is 0 Å². The summed E-state index contributed by atoms with van der Waals surface area (Å²) < 4.78 is 2.57. The van der Waals surface area contributed by atoms with Gasteiger partial charge in [-0.2, -0.15) is 0 Å². The lowest BCUT2D eigenvalue weighted by atomic mass is 9.96. The lowest BCUT2D eigenvalue weighted by Gasteiger charge is -2.33. The van der Waals surface area contributed by atoms with E-state index in [-0.39, 0.29) is 23.1 Å². The molecular formula is C14H22N4O3. The van der Waals surface area contributed by atoms with E-state index in [2.05, 4.69) is 5.32 Å². The number of nitrogens with zero attached hydrogens (tertiary/aromatic N) is 3. The van der Waals surface area contributed by atoms with Crippen LogP contribution >= 0.6 is 0 Å². The van der Waals surface area contributed by atoms with Crippen molar-refractivity contribution >= 4 is 11.7 Å². The predicted molar refractivity (Wildman–Crippen MR) is 80.5 cm³/mol. The largest absolute Gasteiger partial charge is 0.358 e. The van der Waals surface area contributed by atoms with Gasteiger partial charge in [-0.15, -0.1) is 0 Å². The summed E-state index contributed by atoms with van der Waals surface area (Å²) in [5.74, 6) is 0.734. The molecule has 7 nitrogen and oxygen atoms in total. The standard InChI is InChI=1S/C14H22N4O3/c1-4-15-13(20)10-5-7-18(8-6-10)11-9-12(19)17(3)14(21)16(11)2/h9-10H,4-8H2,1-3H3,(H,15,20). The molecule has 2 rings (SSSR count). The summed E-state index contributed by atoms with van der Waals surface area (Å²) >= 11 is 0. The highest BCUT2D eigenvalue weighted by atomic mass is 16.2. The molecule has 1 aliphatic heterocycles. The van der Waals surface area contributed by atoms with Gasteiger partial charge in [0.05, 0.1) is 0 Å². The molecule has 0 saturated carbocycles. The number of rotatable bonds is 3. The zero-order chi connectivity index (χ0) is 15.6. The van der Waals surface area contributed by atoms with E-state index in [4.69, 9.17) is 0 Å². The number of carbonyl (C=O) groups excluding carboxylic acids is 1. The second kappa shape index (κ2) is 6.15. The Hall–Kier alpha value is -2.05. The smallest absolute Gasteiger partial charge is 0.332 e. The molecule has 1 fully saturated rings. The summed E-state index contributed by atoms with van der Waals surface area (Å²) in [6, 6.07) is 1.48. The van der Waals surface area contributed by atoms with Gasteiger partial charge in [0.2, 0.25) is 5.91 Å². The van der Waals surface area contributed by atoms with Crippen LogP contribution in [0.1, 0.15) is 19.8 Å². The molecule has 1 aromatic heterocycles. The van der Waals surface area contributed by atoms with Gasteiger partial charge < -0.3 is 10.2 Å². The molecule has 2 heterocycles. The minimum absolute atomic E-state index is 0.0183. The van der Waals surface area contributed by atoms with Gasteiger partial charge in [0.25, 0.3) is 5.56 Å². The highest BCUT2D eigenvalue weighted by Gasteiger charge is 2.26. The van der Waals surface area contributed by atoms with Crippen molar-refractivity contribution in [3.63, 3.8) is 0 Å². The summed E-state index contributed by atoms with van der Waals surface area (Å²) in [6.45, 7) is 3.88. The lowest BCUT2D eigenvalue weighted by molar-refractivity contribution is -0.125. The van der Waals surface area contributed by atoms with E-state index in [9.17, 15) is 14.4 Å². The van der Waals surface area contributed by atoms with Gasteiger partial charge in [-0.1, -0.05) is 0 Å². The number of carbonyl (C=O) groups is 1. The fourth-order valence-electron chi connectivity index (χ4n) is 2.71. The first-order valence-electron chi connectivity index (χ1n) is 7.25. The van der Waals surface area contributed by atoms with E-state index < -0.39 is 0 Å². The first kappa shape index (κ1) is 15.3. The van der Waals surface area contributed by atoms with Gasteiger partial charge in [-0.3, -0.25) is 18.7 Å².